The van der Waals surface area contributed by atoms with Crippen molar-refractivity contribution in [3.63, 3.8) is 0 Å². The van der Waals surface area contributed by atoms with Crippen LogP contribution in [0.1, 0.15) is 32.3 Å². The molecule has 2 N–H and O–H groups in total. The Morgan fingerprint density at radius 1 is 1.10 bits per heavy atom. The van der Waals surface area contributed by atoms with Crippen LogP contribution in [-0.4, -0.2) is 77.6 Å². The molecule has 0 aliphatic rings. The largest absolute Gasteiger partial charge is 0.497 e. The van der Waals surface area contributed by atoms with E-state index < -0.39 is 0 Å². The number of ether oxygens (including phenoxy) is 3. The first-order chi connectivity index (χ1) is 14.1. The number of benzene rings is 1. The van der Waals surface area contributed by atoms with E-state index in [9.17, 15) is 0 Å². The Morgan fingerprint density at radius 3 is 2.48 bits per heavy atom. The highest BCUT2D eigenvalue weighted by molar-refractivity contribution is 5.79. The molecule has 7 heteroatoms. The second-order valence-electron chi connectivity index (χ2n) is 7.04. The van der Waals surface area contributed by atoms with Gasteiger partial charge in [0.1, 0.15) is 5.75 Å². The highest BCUT2D eigenvalue weighted by Gasteiger charge is 2.10. The van der Waals surface area contributed by atoms with E-state index in [1.807, 2.05) is 38.1 Å². The molecule has 0 saturated carbocycles. The Morgan fingerprint density at radius 2 is 1.86 bits per heavy atom. The van der Waals surface area contributed by atoms with Crippen molar-refractivity contribution in [2.24, 2.45) is 4.99 Å². The zero-order valence-corrected chi connectivity index (χ0v) is 18.9. The number of rotatable bonds is 15. The lowest BCUT2D eigenvalue weighted by atomic mass is 10.2. The summed E-state index contributed by atoms with van der Waals surface area (Å²) in [6.07, 6.45) is 2.06. The first-order valence-corrected chi connectivity index (χ1v) is 10.6. The second kappa shape index (κ2) is 16.0. The van der Waals surface area contributed by atoms with E-state index in [1.165, 1.54) is 0 Å². The van der Waals surface area contributed by atoms with E-state index in [1.54, 1.807) is 7.11 Å². The smallest absolute Gasteiger partial charge is 0.191 e. The monoisotopic (exact) mass is 408 g/mol. The van der Waals surface area contributed by atoms with Crippen LogP contribution in [0.25, 0.3) is 0 Å². The van der Waals surface area contributed by atoms with Gasteiger partial charge in [0, 0.05) is 39.5 Å². The second-order valence-corrected chi connectivity index (χ2v) is 7.04. The highest BCUT2D eigenvalue weighted by atomic mass is 16.5. The van der Waals surface area contributed by atoms with Gasteiger partial charge < -0.3 is 29.7 Å². The number of nitrogens with one attached hydrogen (secondary N) is 2. The number of hydrogen-bond acceptors (Lipinski definition) is 5. The van der Waals surface area contributed by atoms with Crippen molar-refractivity contribution in [2.75, 3.05) is 60.7 Å². The van der Waals surface area contributed by atoms with E-state index in [0.29, 0.717) is 13.2 Å². The van der Waals surface area contributed by atoms with Gasteiger partial charge in [-0.2, -0.15) is 0 Å². The molecule has 0 aliphatic heterocycles. The van der Waals surface area contributed by atoms with Crippen LogP contribution >= 0.6 is 0 Å². The summed E-state index contributed by atoms with van der Waals surface area (Å²) >= 11 is 0. The molecule has 1 unspecified atom stereocenters. The fourth-order valence-electron chi connectivity index (χ4n) is 2.69. The van der Waals surface area contributed by atoms with Crippen molar-refractivity contribution in [3.8, 4) is 5.75 Å². The van der Waals surface area contributed by atoms with Crippen LogP contribution < -0.4 is 15.4 Å². The van der Waals surface area contributed by atoms with E-state index in [0.717, 1.165) is 63.0 Å². The van der Waals surface area contributed by atoms with Crippen molar-refractivity contribution in [2.45, 2.75) is 39.3 Å². The molecule has 0 aliphatic carbocycles. The molecule has 0 heterocycles. The molecule has 0 radical (unpaired) electrons. The van der Waals surface area contributed by atoms with Crippen LogP contribution in [0.15, 0.2) is 29.3 Å². The Labute approximate surface area is 176 Å². The van der Waals surface area contributed by atoms with Crippen molar-refractivity contribution in [1.29, 1.82) is 0 Å². The molecule has 166 valence electrons. The third-order valence-electron chi connectivity index (χ3n) is 4.34. The minimum absolute atomic E-state index is 0.152. The quantitative estimate of drug-likeness (QED) is 0.264. The average Bonchev–Trinajstić information content (AvgIpc) is 2.73. The molecule has 0 bridgehead atoms. The highest BCUT2D eigenvalue weighted by Crippen LogP contribution is 2.11. The maximum absolute atomic E-state index is 5.88. The molecule has 0 saturated heterocycles. The standard InChI is InChI=1S/C22H40N4O3/c1-6-28-16-8-14-23-22(24-17-19-9-11-20(27-5)12-10-19)25-18-21(29-7-2)13-15-26(3)4/h9-12,21H,6-8,13-18H2,1-5H3,(H2,23,24,25). The summed E-state index contributed by atoms with van der Waals surface area (Å²) < 4.78 is 16.5. The Bertz CT molecular complexity index is 549. The molecule has 0 fully saturated rings. The molecule has 1 rings (SSSR count). The van der Waals surface area contributed by atoms with Crippen LogP contribution in [-0.2, 0) is 16.0 Å². The van der Waals surface area contributed by atoms with Gasteiger partial charge in [-0.05, 0) is 58.5 Å². The lowest BCUT2D eigenvalue weighted by Gasteiger charge is -2.21. The first-order valence-electron chi connectivity index (χ1n) is 10.6. The molecule has 29 heavy (non-hydrogen) atoms. The van der Waals surface area contributed by atoms with Gasteiger partial charge in [0.05, 0.1) is 19.8 Å². The van der Waals surface area contributed by atoms with Crippen LogP contribution in [0.3, 0.4) is 0 Å². The van der Waals surface area contributed by atoms with Gasteiger partial charge in [-0.25, -0.2) is 4.99 Å². The number of methoxy groups -OCH3 is 1. The lowest BCUT2D eigenvalue weighted by Crippen LogP contribution is -2.43. The summed E-state index contributed by atoms with van der Waals surface area (Å²) in [5, 5.41) is 6.84. The third-order valence-corrected chi connectivity index (χ3v) is 4.34. The van der Waals surface area contributed by atoms with Gasteiger partial charge in [-0.1, -0.05) is 12.1 Å². The van der Waals surface area contributed by atoms with Crippen LogP contribution in [0.2, 0.25) is 0 Å². The zero-order chi connectivity index (χ0) is 21.3. The van der Waals surface area contributed by atoms with Gasteiger partial charge in [-0.3, -0.25) is 0 Å². The number of guanidine groups is 1. The van der Waals surface area contributed by atoms with Gasteiger partial charge >= 0.3 is 0 Å². The zero-order valence-electron chi connectivity index (χ0n) is 18.9. The Hall–Kier alpha value is -1.83. The summed E-state index contributed by atoms with van der Waals surface area (Å²) in [5.41, 5.74) is 1.13. The summed E-state index contributed by atoms with van der Waals surface area (Å²) in [5.74, 6) is 1.65. The van der Waals surface area contributed by atoms with Crippen molar-refractivity contribution in [1.82, 2.24) is 15.5 Å². The van der Waals surface area contributed by atoms with Gasteiger partial charge in [0.2, 0.25) is 0 Å². The van der Waals surface area contributed by atoms with Crippen LogP contribution in [0, 0.1) is 0 Å². The predicted octanol–water partition coefficient (Wildman–Crippen LogP) is 2.51. The van der Waals surface area contributed by atoms with Crippen molar-refractivity contribution < 1.29 is 14.2 Å². The molecule has 0 amide bonds. The lowest BCUT2D eigenvalue weighted by molar-refractivity contribution is 0.0548. The van der Waals surface area contributed by atoms with E-state index in [-0.39, 0.29) is 6.10 Å². The fourth-order valence-corrected chi connectivity index (χ4v) is 2.69. The number of aliphatic imine (C=N–C) groups is 1. The van der Waals surface area contributed by atoms with Gasteiger partial charge in [0.15, 0.2) is 5.96 Å². The predicted molar refractivity (Wildman–Crippen MR) is 120 cm³/mol. The Kier molecular flexibility index (Phi) is 13.9. The molecule has 1 atom stereocenters. The SMILES string of the molecule is CCOCCCNC(=NCc1ccc(OC)cc1)NCC(CCN(C)C)OCC. The van der Waals surface area contributed by atoms with Crippen LogP contribution in [0.5, 0.6) is 5.75 Å². The summed E-state index contributed by atoms with van der Waals surface area (Å²) in [6.45, 7) is 9.38. The van der Waals surface area contributed by atoms with E-state index in [4.69, 9.17) is 19.2 Å². The van der Waals surface area contributed by atoms with E-state index >= 15 is 0 Å². The summed E-state index contributed by atoms with van der Waals surface area (Å²) in [4.78, 5) is 6.92. The van der Waals surface area contributed by atoms with Crippen molar-refractivity contribution in [3.05, 3.63) is 29.8 Å². The maximum atomic E-state index is 5.88. The number of nitrogens with zero attached hydrogens (tertiary/aromatic N) is 2. The Balaban J connectivity index is 2.63. The third kappa shape index (κ3) is 12.4. The minimum Gasteiger partial charge on any atom is -0.497 e. The average molecular weight is 409 g/mol. The molecule has 1 aromatic rings. The fraction of sp³-hybridized carbons (Fsp3) is 0.682. The first kappa shape index (κ1) is 25.2. The number of hydrogen-bond donors (Lipinski definition) is 2. The minimum atomic E-state index is 0.152. The molecule has 1 aromatic carbocycles. The van der Waals surface area contributed by atoms with E-state index in [2.05, 4.69) is 29.6 Å². The molecule has 0 aromatic heterocycles. The topological polar surface area (TPSA) is 67.3 Å². The summed E-state index contributed by atoms with van der Waals surface area (Å²) in [6, 6.07) is 7.99. The molecule has 7 nitrogen and oxygen atoms in total. The maximum Gasteiger partial charge on any atom is 0.191 e. The van der Waals surface area contributed by atoms with Gasteiger partial charge in [0.25, 0.3) is 0 Å². The normalized spacial score (nSPS) is 12.8. The molecular formula is C22H40N4O3. The van der Waals surface area contributed by atoms with Gasteiger partial charge in [-0.15, -0.1) is 0 Å². The summed E-state index contributed by atoms with van der Waals surface area (Å²) in [7, 11) is 5.84. The molecule has 0 spiro atoms. The molecular weight excluding hydrogens is 368 g/mol. The van der Waals surface area contributed by atoms with Crippen LogP contribution in [0.4, 0.5) is 0 Å². The van der Waals surface area contributed by atoms with Crippen molar-refractivity contribution >= 4 is 5.96 Å².